The number of halogens is 2. The lowest BCUT2D eigenvalue weighted by molar-refractivity contribution is -0.157. The minimum atomic E-state index is -3.06. The van der Waals surface area contributed by atoms with Crippen molar-refractivity contribution in [1.29, 1.82) is 0 Å². The molecule has 0 aromatic heterocycles. The van der Waals surface area contributed by atoms with Crippen LogP contribution in [0.25, 0.3) is 0 Å². The molecule has 12 heteroatoms. The number of benzene rings is 3. The normalized spacial score (nSPS) is 16.5. The van der Waals surface area contributed by atoms with Crippen LogP contribution in [0.2, 0.25) is 0 Å². The Morgan fingerprint density at radius 3 is 2.43 bits per heavy atom. The lowest BCUT2D eigenvalue weighted by Crippen LogP contribution is -2.69. The second-order valence-electron chi connectivity index (χ2n) is 10.1. The maximum Gasteiger partial charge on any atom is 0.387 e. The molecule has 0 aliphatic carbocycles. The third-order valence-electron chi connectivity index (χ3n) is 7.02. The number of aromatic hydroxyl groups is 1. The maximum atomic E-state index is 14.1. The Hall–Kier alpha value is -4.97. The van der Waals surface area contributed by atoms with Crippen molar-refractivity contribution >= 4 is 17.8 Å². The Labute approximate surface area is 254 Å². The van der Waals surface area contributed by atoms with Crippen molar-refractivity contribution in [2.45, 2.75) is 38.3 Å². The van der Waals surface area contributed by atoms with Crippen LogP contribution in [0.5, 0.6) is 11.5 Å². The topological polar surface area (TPSA) is 123 Å². The predicted octanol–water partition coefficient (Wildman–Crippen LogP) is 3.38. The monoisotopic (exact) mass is 607 g/mol. The molecule has 1 saturated heterocycles. The van der Waals surface area contributed by atoms with E-state index < -0.39 is 36.7 Å². The van der Waals surface area contributed by atoms with Crippen LogP contribution in [0, 0.1) is 0 Å². The van der Waals surface area contributed by atoms with Crippen LogP contribution in [0.4, 0.5) is 13.6 Å². The van der Waals surface area contributed by atoms with E-state index in [0.717, 1.165) is 5.56 Å². The highest BCUT2D eigenvalue weighted by Crippen LogP contribution is 2.27. The lowest BCUT2D eigenvalue weighted by atomic mass is 9.99. The molecule has 3 aromatic rings. The fourth-order valence-corrected chi connectivity index (χ4v) is 4.98. The molecule has 1 aliphatic heterocycles. The number of amides is 4. The van der Waals surface area contributed by atoms with E-state index in [2.05, 4.69) is 27.3 Å². The van der Waals surface area contributed by atoms with Gasteiger partial charge in [0.05, 0.1) is 13.1 Å². The van der Waals surface area contributed by atoms with Gasteiger partial charge in [-0.3, -0.25) is 9.59 Å². The van der Waals surface area contributed by atoms with Crippen LogP contribution in [0.3, 0.4) is 0 Å². The van der Waals surface area contributed by atoms with Crippen LogP contribution in [-0.4, -0.2) is 71.2 Å². The van der Waals surface area contributed by atoms with Gasteiger partial charge in [-0.15, -0.1) is 6.58 Å². The van der Waals surface area contributed by atoms with Gasteiger partial charge in [-0.1, -0.05) is 66.7 Å². The molecule has 3 aromatic carbocycles. The number of carbonyl (C=O) groups is 3. The summed E-state index contributed by atoms with van der Waals surface area (Å²) < 4.78 is 30.9. The van der Waals surface area contributed by atoms with E-state index in [1.807, 2.05) is 30.3 Å². The summed E-state index contributed by atoms with van der Waals surface area (Å²) in [6.07, 6.45) is 0.699. The third-order valence-corrected chi connectivity index (χ3v) is 7.02. The van der Waals surface area contributed by atoms with Gasteiger partial charge in [0.2, 0.25) is 11.8 Å². The molecular formula is C32H35F2N5O5. The average molecular weight is 608 g/mol. The van der Waals surface area contributed by atoms with Crippen molar-refractivity contribution in [3.63, 3.8) is 0 Å². The quantitative estimate of drug-likeness (QED) is 0.175. The summed E-state index contributed by atoms with van der Waals surface area (Å²) in [7, 11) is 0. The number of phenols is 1. The molecular weight excluding hydrogens is 572 g/mol. The largest absolute Gasteiger partial charge is 0.508 e. The number of phenolic OH excluding ortho intramolecular Hbond substituents is 1. The fourth-order valence-electron chi connectivity index (χ4n) is 4.98. The van der Waals surface area contributed by atoms with Gasteiger partial charge < -0.3 is 35.6 Å². The summed E-state index contributed by atoms with van der Waals surface area (Å²) in [5, 5.41) is 18.3. The molecule has 1 heterocycles. The van der Waals surface area contributed by atoms with Crippen molar-refractivity contribution in [1.82, 2.24) is 25.8 Å². The molecule has 0 spiro atoms. The van der Waals surface area contributed by atoms with Crippen molar-refractivity contribution < 1.29 is 33.0 Å². The van der Waals surface area contributed by atoms with E-state index in [1.165, 1.54) is 28.0 Å². The van der Waals surface area contributed by atoms with Gasteiger partial charge >= 0.3 is 12.6 Å². The van der Waals surface area contributed by atoms with E-state index in [1.54, 1.807) is 36.4 Å². The zero-order chi connectivity index (χ0) is 31.5. The van der Waals surface area contributed by atoms with Gasteiger partial charge in [-0.2, -0.15) is 8.78 Å². The molecule has 1 aliphatic rings. The number of para-hydroxylation sites is 1. The third kappa shape index (κ3) is 8.77. The first kappa shape index (κ1) is 32.0. The van der Waals surface area contributed by atoms with Crippen LogP contribution in [0.1, 0.15) is 16.7 Å². The molecule has 2 atom stereocenters. The number of rotatable bonds is 13. The highest BCUT2D eigenvalue weighted by atomic mass is 19.3. The fraction of sp³-hybridized carbons (Fsp3) is 0.281. The first-order chi connectivity index (χ1) is 21.2. The van der Waals surface area contributed by atoms with Crippen LogP contribution < -0.4 is 20.7 Å². The summed E-state index contributed by atoms with van der Waals surface area (Å²) in [6, 6.07) is 20.0. The summed E-state index contributed by atoms with van der Waals surface area (Å²) in [5.41, 5.74) is 1.86. The Balaban J connectivity index is 1.65. The van der Waals surface area contributed by atoms with Crippen LogP contribution in [-0.2, 0) is 29.1 Å². The van der Waals surface area contributed by atoms with Crippen molar-refractivity contribution in [3.05, 3.63) is 108 Å². The second kappa shape index (κ2) is 15.5. The molecule has 4 amide bonds. The Bertz CT molecular complexity index is 1420. The average Bonchev–Trinajstić information content (AvgIpc) is 3.01. The molecule has 4 N–H and O–H groups in total. The van der Waals surface area contributed by atoms with Crippen LogP contribution in [0.15, 0.2) is 91.5 Å². The molecule has 0 radical (unpaired) electrons. The maximum absolute atomic E-state index is 14.1. The van der Waals surface area contributed by atoms with E-state index >= 15 is 0 Å². The molecule has 0 bridgehead atoms. The first-order valence-electron chi connectivity index (χ1n) is 14.1. The highest BCUT2D eigenvalue weighted by molar-refractivity contribution is 5.91. The number of urea groups is 1. The lowest BCUT2D eigenvalue weighted by Gasteiger charge is -2.46. The number of alkyl halides is 2. The van der Waals surface area contributed by atoms with Crippen molar-refractivity contribution in [3.8, 4) is 11.5 Å². The molecule has 0 unspecified atom stereocenters. The molecule has 1 fully saturated rings. The molecule has 44 heavy (non-hydrogen) atoms. The zero-order valence-electron chi connectivity index (χ0n) is 24.0. The molecule has 0 saturated carbocycles. The predicted molar refractivity (Wildman–Crippen MR) is 160 cm³/mol. The van der Waals surface area contributed by atoms with Gasteiger partial charge in [0.1, 0.15) is 23.7 Å². The molecule has 232 valence electrons. The standard InChI is InChI=1S/C32H35F2N5O5/c1-2-16-35-19-29(41)39-26(17-22-12-14-25(40)15-13-22)30(42)38(20-24-10-6-7-11-27(24)44-31(33)34)21-28(39)37-32(43)36-18-23-8-4-3-5-9-23/h2-15,26,28,31,35,40H,1,16-21H2,(H2,36,37,43)/t26-,28+/m0/s1. The second-order valence-corrected chi connectivity index (χ2v) is 10.1. The number of carbonyl (C=O) groups excluding carboxylic acids is 3. The minimum absolute atomic E-state index is 0.0390. The van der Waals surface area contributed by atoms with E-state index in [-0.39, 0.29) is 44.1 Å². The molecule has 4 rings (SSSR count). The van der Waals surface area contributed by atoms with Gasteiger partial charge in [-0.05, 0) is 29.3 Å². The van der Waals surface area contributed by atoms with Gasteiger partial charge in [-0.25, -0.2) is 4.79 Å². The van der Waals surface area contributed by atoms with Gasteiger partial charge in [0.25, 0.3) is 0 Å². The Kier molecular flexibility index (Phi) is 11.2. The zero-order valence-corrected chi connectivity index (χ0v) is 24.0. The van der Waals surface area contributed by atoms with Crippen molar-refractivity contribution in [2.24, 2.45) is 0 Å². The molecule has 10 nitrogen and oxygen atoms in total. The van der Waals surface area contributed by atoms with Crippen molar-refractivity contribution in [2.75, 3.05) is 19.6 Å². The number of nitrogens with zero attached hydrogens (tertiary/aromatic N) is 2. The summed E-state index contributed by atoms with van der Waals surface area (Å²) in [6.45, 7) is 0.818. The van der Waals surface area contributed by atoms with E-state index in [9.17, 15) is 28.3 Å². The Morgan fingerprint density at radius 2 is 1.73 bits per heavy atom. The van der Waals surface area contributed by atoms with Crippen LogP contribution >= 0.6 is 0 Å². The number of hydrogen-bond donors (Lipinski definition) is 4. The number of nitrogens with one attached hydrogen (secondary N) is 3. The van der Waals surface area contributed by atoms with E-state index in [0.29, 0.717) is 17.7 Å². The Morgan fingerprint density at radius 1 is 1.02 bits per heavy atom. The first-order valence-corrected chi connectivity index (χ1v) is 14.1. The smallest absolute Gasteiger partial charge is 0.387 e. The number of ether oxygens (including phenoxy) is 1. The summed E-state index contributed by atoms with van der Waals surface area (Å²) in [5.74, 6) is -0.914. The summed E-state index contributed by atoms with van der Waals surface area (Å²) in [4.78, 5) is 43.6. The minimum Gasteiger partial charge on any atom is -0.508 e. The number of hydrogen-bond acceptors (Lipinski definition) is 6. The van der Waals surface area contributed by atoms with E-state index in [4.69, 9.17) is 0 Å². The van der Waals surface area contributed by atoms with Gasteiger partial charge in [0, 0.05) is 31.6 Å². The van der Waals surface area contributed by atoms with Gasteiger partial charge in [0.15, 0.2) is 0 Å². The number of piperazine rings is 1. The highest BCUT2D eigenvalue weighted by Gasteiger charge is 2.43. The SMILES string of the molecule is C=CCNCC(=O)N1[C@@H](NC(=O)NCc2ccccc2)CN(Cc2ccccc2OC(F)F)C(=O)[C@@H]1Cc1ccc(O)cc1. The summed E-state index contributed by atoms with van der Waals surface area (Å²) >= 11 is 0.